The molecule has 3 heteroatoms. The van der Waals surface area contributed by atoms with Gasteiger partial charge in [0, 0.05) is 0 Å². The van der Waals surface area contributed by atoms with Gasteiger partial charge >= 0.3 is 0 Å². The van der Waals surface area contributed by atoms with Gasteiger partial charge in [0.25, 0.3) is 0 Å². The van der Waals surface area contributed by atoms with E-state index in [9.17, 15) is 0 Å². The standard InChI is InChI=1S/C8H13ClN2/c1-5(2)8-7(9)6(3)10-4-11-8/h4-5,8H,1-3H3,(H,10,11). The molecule has 0 aromatic carbocycles. The van der Waals surface area contributed by atoms with Crippen molar-refractivity contribution in [2.24, 2.45) is 10.9 Å². The smallest absolute Gasteiger partial charge is 0.0887 e. The fraction of sp³-hybridized carbons (Fsp3) is 0.625. The number of allylic oxidation sites excluding steroid dienone is 1. The third-order valence-corrected chi connectivity index (χ3v) is 2.31. The van der Waals surface area contributed by atoms with Gasteiger partial charge in [0.2, 0.25) is 0 Å². The van der Waals surface area contributed by atoms with Crippen LogP contribution >= 0.6 is 11.6 Å². The first kappa shape index (κ1) is 8.60. The Balaban J connectivity index is 2.81. The Hall–Kier alpha value is -0.500. The van der Waals surface area contributed by atoms with Crippen molar-refractivity contribution in [1.29, 1.82) is 0 Å². The molecular formula is C8H13ClN2. The van der Waals surface area contributed by atoms with E-state index in [-0.39, 0.29) is 6.04 Å². The first-order valence-corrected chi connectivity index (χ1v) is 4.15. The van der Waals surface area contributed by atoms with Crippen LogP contribution in [0.25, 0.3) is 0 Å². The number of nitrogens with zero attached hydrogens (tertiary/aromatic N) is 1. The van der Waals surface area contributed by atoms with Crippen molar-refractivity contribution in [1.82, 2.24) is 5.32 Å². The van der Waals surface area contributed by atoms with E-state index in [4.69, 9.17) is 11.6 Å². The summed E-state index contributed by atoms with van der Waals surface area (Å²) >= 11 is 6.03. The molecule has 0 spiro atoms. The number of hydrogen-bond acceptors (Lipinski definition) is 2. The Morgan fingerprint density at radius 2 is 2.27 bits per heavy atom. The molecular weight excluding hydrogens is 160 g/mol. The van der Waals surface area contributed by atoms with E-state index in [1.54, 1.807) is 6.34 Å². The van der Waals surface area contributed by atoms with Crippen LogP contribution in [0.3, 0.4) is 0 Å². The summed E-state index contributed by atoms with van der Waals surface area (Å²) in [4.78, 5) is 4.06. The average molecular weight is 173 g/mol. The van der Waals surface area contributed by atoms with E-state index in [1.807, 2.05) is 6.92 Å². The summed E-state index contributed by atoms with van der Waals surface area (Å²) in [5.74, 6) is 0.504. The number of aliphatic imine (C=N–C) groups is 1. The van der Waals surface area contributed by atoms with E-state index in [0.29, 0.717) is 5.92 Å². The molecule has 0 saturated heterocycles. The van der Waals surface area contributed by atoms with Crippen LogP contribution in [0.1, 0.15) is 20.8 Å². The number of rotatable bonds is 1. The molecule has 0 saturated carbocycles. The van der Waals surface area contributed by atoms with Gasteiger partial charge in [-0.15, -0.1) is 0 Å². The van der Waals surface area contributed by atoms with Gasteiger partial charge in [0.1, 0.15) is 0 Å². The Labute approximate surface area is 72.3 Å². The second-order valence-corrected chi connectivity index (χ2v) is 3.49. The minimum Gasteiger partial charge on any atom is -0.368 e. The molecule has 2 nitrogen and oxygen atoms in total. The Morgan fingerprint density at radius 3 is 2.73 bits per heavy atom. The molecule has 0 aromatic heterocycles. The zero-order valence-corrected chi connectivity index (χ0v) is 7.81. The van der Waals surface area contributed by atoms with Crippen LogP contribution in [0, 0.1) is 5.92 Å². The van der Waals surface area contributed by atoms with E-state index in [2.05, 4.69) is 24.2 Å². The topological polar surface area (TPSA) is 24.4 Å². The Morgan fingerprint density at radius 1 is 1.64 bits per heavy atom. The lowest BCUT2D eigenvalue weighted by atomic mass is 10.0. The van der Waals surface area contributed by atoms with Crippen molar-refractivity contribution in [3.05, 3.63) is 10.7 Å². The zero-order valence-electron chi connectivity index (χ0n) is 7.06. The third kappa shape index (κ3) is 1.74. The number of nitrogens with one attached hydrogen (secondary N) is 1. The predicted octanol–water partition coefficient (Wildman–Crippen LogP) is 2.11. The van der Waals surface area contributed by atoms with Crippen molar-refractivity contribution in [2.45, 2.75) is 26.8 Å². The highest BCUT2D eigenvalue weighted by Crippen LogP contribution is 2.22. The summed E-state index contributed by atoms with van der Waals surface area (Å²) in [5.41, 5.74) is 0.920. The van der Waals surface area contributed by atoms with Gasteiger partial charge in [-0.3, -0.25) is 0 Å². The van der Waals surface area contributed by atoms with E-state index < -0.39 is 0 Å². The second-order valence-electron chi connectivity index (χ2n) is 3.08. The van der Waals surface area contributed by atoms with Crippen LogP contribution in [0.5, 0.6) is 0 Å². The molecule has 0 amide bonds. The van der Waals surface area contributed by atoms with Crippen LogP contribution in [0.15, 0.2) is 15.7 Å². The van der Waals surface area contributed by atoms with Gasteiger partial charge in [0.15, 0.2) is 0 Å². The van der Waals surface area contributed by atoms with Crippen molar-refractivity contribution in [3.8, 4) is 0 Å². The third-order valence-electron chi connectivity index (χ3n) is 1.80. The second kappa shape index (κ2) is 3.26. The molecule has 1 heterocycles. The summed E-state index contributed by atoms with van der Waals surface area (Å²) in [6.07, 6.45) is 1.71. The van der Waals surface area contributed by atoms with Gasteiger partial charge in [-0.05, 0) is 12.8 Å². The fourth-order valence-electron chi connectivity index (χ4n) is 1.06. The molecule has 1 aliphatic rings. The largest absolute Gasteiger partial charge is 0.368 e. The van der Waals surface area contributed by atoms with Crippen LogP contribution in [0.4, 0.5) is 0 Å². The molecule has 0 aliphatic carbocycles. The molecule has 0 bridgehead atoms. The SMILES string of the molecule is CC1=C(Cl)C(C(C)C)NC=N1. The van der Waals surface area contributed by atoms with Crippen LogP contribution in [0.2, 0.25) is 0 Å². The first-order chi connectivity index (χ1) is 5.13. The normalized spacial score (nSPS) is 24.3. The van der Waals surface area contributed by atoms with Gasteiger partial charge < -0.3 is 5.32 Å². The summed E-state index contributed by atoms with van der Waals surface area (Å²) in [6, 6.07) is 0.245. The molecule has 0 aromatic rings. The molecule has 11 heavy (non-hydrogen) atoms. The van der Waals surface area contributed by atoms with Gasteiger partial charge in [-0.2, -0.15) is 0 Å². The van der Waals surface area contributed by atoms with E-state index in [0.717, 1.165) is 10.7 Å². The quantitative estimate of drug-likeness (QED) is 0.644. The lowest BCUT2D eigenvalue weighted by Gasteiger charge is -2.23. The number of halogens is 1. The highest BCUT2D eigenvalue weighted by atomic mass is 35.5. The highest BCUT2D eigenvalue weighted by molar-refractivity contribution is 6.30. The van der Waals surface area contributed by atoms with E-state index in [1.165, 1.54) is 0 Å². The van der Waals surface area contributed by atoms with Gasteiger partial charge in [-0.25, -0.2) is 4.99 Å². The van der Waals surface area contributed by atoms with Crippen molar-refractivity contribution in [2.75, 3.05) is 0 Å². The Bertz CT molecular complexity index is 206. The molecule has 1 atom stereocenters. The summed E-state index contributed by atoms with van der Waals surface area (Å²) < 4.78 is 0. The zero-order chi connectivity index (χ0) is 8.43. The lowest BCUT2D eigenvalue weighted by Crippen LogP contribution is -2.35. The maximum absolute atomic E-state index is 6.03. The maximum Gasteiger partial charge on any atom is 0.0887 e. The van der Waals surface area contributed by atoms with Crippen molar-refractivity contribution in [3.63, 3.8) is 0 Å². The number of hydrogen-bond donors (Lipinski definition) is 1. The Kier molecular flexibility index (Phi) is 2.55. The monoisotopic (exact) mass is 172 g/mol. The van der Waals surface area contributed by atoms with Gasteiger partial charge in [-0.1, -0.05) is 25.4 Å². The summed E-state index contributed by atoms with van der Waals surface area (Å²) in [5, 5.41) is 3.95. The van der Waals surface area contributed by atoms with E-state index >= 15 is 0 Å². The van der Waals surface area contributed by atoms with Gasteiger partial charge in [0.05, 0.1) is 23.1 Å². The van der Waals surface area contributed by atoms with Crippen LogP contribution in [-0.2, 0) is 0 Å². The maximum atomic E-state index is 6.03. The molecule has 62 valence electrons. The van der Waals surface area contributed by atoms with Crippen molar-refractivity contribution >= 4 is 17.9 Å². The molecule has 0 fully saturated rings. The summed E-state index contributed by atoms with van der Waals surface area (Å²) in [6.45, 7) is 6.19. The van der Waals surface area contributed by atoms with Crippen LogP contribution in [-0.4, -0.2) is 12.4 Å². The predicted molar refractivity (Wildman–Crippen MR) is 48.8 cm³/mol. The molecule has 1 N–H and O–H groups in total. The highest BCUT2D eigenvalue weighted by Gasteiger charge is 2.19. The lowest BCUT2D eigenvalue weighted by molar-refractivity contribution is 0.517. The first-order valence-electron chi connectivity index (χ1n) is 3.77. The molecule has 1 rings (SSSR count). The molecule has 0 radical (unpaired) electrons. The molecule has 1 unspecified atom stereocenters. The van der Waals surface area contributed by atoms with Crippen LogP contribution < -0.4 is 5.32 Å². The minimum atomic E-state index is 0.245. The van der Waals surface area contributed by atoms with Crippen molar-refractivity contribution < 1.29 is 0 Å². The fourth-order valence-corrected chi connectivity index (χ4v) is 1.42. The minimum absolute atomic E-state index is 0.245. The summed E-state index contributed by atoms with van der Waals surface area (Å²) in [7, 11) is 0. The average Bonchev–Trinajstić information content (AvgIpc) is 1.94. The molecule has 1 aliphatic heterocycles.